The van der Waals surface area contributed by atoms with Crippen LogP contribution in [-0.2, 0) is 10.0 Å². The van der Waals surface area contributed by atoms with Gasteiger partial charge < -0.3 is 5.32 Å². The summed E-state index contributed by atoms with van der Waals surface area (Å²) in [4.78, 5) is 12.5. The number of amides is 1. The number of nitrogens with one attached hydrogen (secondary N) is 1. The van der Waals surface area contributed by atoms with Gasteiger partial charge in [-0.25, -0.2) is 13.6 Å². The van der Waals surface area contributed by atoms with Crippen LogP contribution in [0.3, 0.4) is 0 Å². The molecule has 0 heterocycles. The summed E-state index contributed by atoms with van der Waals surface area (Å²) in [6.45, 7) is 4.25. The summed E-state index contributed by atoms with van der Waals surface area (Å²) in [5, 5.41) is 8.27. The van der Waals surface area contributed by atoms with Gasteiger partial charge in [0.1, 0.15) is 0 Å². The highest BCUT2D eigenvalue weighted by Crippen LogP contribution is 2.57. The Morgan fingerprint density at radius 3 is 2.46 bits per heavy atom. The van der Waals surface area contributed by atoms with Crippen LogP contribution in [0, 0.1) is 17.3 Å². The van der Waals surface area contributed by atoms with E-state index in [1.54, 1.807) is 24.3 Å². The van der Waals surface area contributed by atoms with Crippen molar-refractivity contribution in [3.05, 3.63) is 59.0 Å². The standard InChI is InChI=1S/C18H22N2O3S/c1-18(2)15(12-8-10-14(11-9-12)24(19,22)23)16(18)20-17(21)13-6-4-3-5-7-13/h3-8,10-12,15-16H,9H2,1-2H3,(H,20,21)(H2,19,22,23)/t12?,15-,16-/m0/s1. The van der Waals surface area contributed by atoms with Crippen LogP contribution in [0.2, 0.25) is 0 Å². The topological polar surface area (TPSA) is 89.3 Å². The number of carbonyl (C=O) groups is 1. The molecule has 1 amide bonds. The van der Waals surface area contributed by atoms with E-state index in [2.05, 4.69) is 19.2 Å². The third kappa shape index (κ3) is 3.16. The Hall–Kier alpha value is -1.92. The summed E-state index contributed by atoms with van der Waals surface area (Å²) < 4.78 is 22.7. The number of hydrogen-bond donors (Lipinski definition) is 2. The number of benzene rings is 1. The number of nitrogens with two attached hydrogens (primary N) is 1. The Bertz CT molecular complexity index is 810. The summed E-state index contributed by atoms with van der Waals surface area (Å²) in [5.74, 6) is 0.406. The van der Waals surface area contributed by atoms with Crippen LogP contribution in [-0.4, -0.2) is 20.4 Å². The number of primary sulfonamides is 1. The lowest BCUT2D eigenvalue weighted by Crippen LogP contribution is -2.29. The molecule has 3 N–H and O–H groups in total. The van der Waals surface area contributed by atoms with Gasteiger partial charge in [-0.05, 0) is 41.9 Å². The molecule has 2 aliphatic carbocycles. The molecule has 1 saturated carbocycles. The minimum atomic E-state index is -3.65. The van der Waals surface area contributed by atoms with Gasteiger partial charge in [0.2, 0.25) is 10.0 Å². The molecule has 0 aromatic heterocycles. The minimum Gasteiger partial charge on any atom is -0.348 e. The molecule has 0 bridgehead atoms. The molecule has 1 aromatic rings. The maximum absolute atomic E-state index is 12.4. The first-order valence-corrected chi connectivity index (χ1v) is 9.53. The highest BCUT2D eigenvalue weighted by Gasteiger charge is 2.60. The fourth-order valence-corrected chi connectivity index (χ4v) is 4.26. The third-order valence-electron chi connectivity index (χ3n) is 5.12. The fraction of sp³-hybridized carbons (Fsp3) is 0.389. The van der Waals surface area contributed by atoms with E-state index in [1.807, 2.05) is 24.3 Å². The third-order valence-corrected chi connectivity index (χ3v) is 6.08. The van der Waals surface area contributed by atoms with Crippen LogP contribution in [0.4, 0.5) is 0 Å². The maximum atomic E-state index is 12.4. The molecule has 0 spiro atoms. The lowest BCUT2D eigenvalue weighted by Gasteiger charge is -2.16. The van der Waals surface area contributed by atoms with Gasteiger partial charge in [0.15, 0.2) is 0 Å². The van der Waals surface area contributed by atoms with E-state index in [0.29, 0.717) is 12.0 Å². The second-order valence-corrected chi connectivity index (χ2v) is 8.64. The van der Waals surface area contributed by atoms with Crippen molar-refractivity contribution >= 4 is 15.9 Å². The smallest absolute Gasteiger partial charge is 0.251 e. The van der Waals surface area contributed by atoms with Gasteiger partial charge in [0, 0.05) is 11.6 Å². The van der Waals surface area contributed by atoms with Crippen LogP contribution in [0.25, 0.3) is 0 Å². The lowest BCUT2D eigenvalue weighted by molar-refractivity contribution is 0.0944. The van der Waals surface area contributed by atoms with E-state index in [-0.39, 0.29) is 34.1 Å². The van der Waals surface area contributed by atoms with Gasteiger partial charge in [0.25, 0.3) is 5.91 Å². The summed E-state index contributed by atoms with van der Waals surface area (Å²) in [6, 6.07) is 9.22. The Labute approximate surface area is 142 Å². The second kappa shape index (κ2) is 5.86. The molecule has 3 atom stereocenters. The molecule has 128 valence electrons. The molecule has 0 radical (unpaired) electrons. The molecule has 5 nitrogen and oxygen atoms in total. The summed E-state index contributed by atoms with van der Waals surface area (Å²) in [5.41, 5.74) is 0.626. The minimum absolute atomic E-state index is 0.0214. The monoisotopic (exact) mass is 346 g/mol. The summed E-state index contributed by atoms with van der Waals surface area (Å²) >= 11 is 0. The van der Waals surface area contributed by atoms with E-state index < -0.39 is 10.0 Å². The fourth-order valence-electron chi connectivity index (χ4n) is 3.66. The van der Waals surface area contributed by atoms with Crippen molar-refractivity contribution in [3.8, 4) is 0 Å². The van der Waals surface area contributed by atoms with E-state index in [0.717, 1.165) is 0 Å². The molecule has 3 rings (SSSR count). The van der Waals surface area contributed by atoms with Crippen molar-refractivity contribution in [2.24, 2.45) is 22.4 Å². The number of rotatable bonds is 4. The molecular weight excluding hydrogens is 324 g/mol. The van der Waals surface area contributed by atoms with Crippen LogP contribution < -0.4 is 10.5 Å². The van der Waals surface area contributed by atoms with Gasteiger partial charge in [-0.1, -0.05) is 44.2 Å². The van der Waals surface area contributed by atoms with Crippen LogP contribution in [0.15, 0.2) is 53.5 Å². The van der Waals surface area contributed by atoms with Crippen molar-refractivity contribution in [1.29, 1.82) is 0 Å². The van der Waals surface area contributed by atoms with E-state index in [9.17, 15) is 13.2 Å². The Morgan fingerprint density at radius 1 is 1.25 bits per heavy atom. The zero-order valence-electron chi connectivity index (χ0n) is 13.8. The van der Waals surface area contributed by atoms with Gasteiger partial charge >= 0.3 is 0 Å². The maximum Gasteiger partial charge on any atom is 0.251 e. The van der Waals surface area contributed by atoms with Crippen LogP contribution >= 0.6 is 0 Å². The molecule has 1 unspecified atom stereocenters. The normalized spacial score (nSPS) is 28.1. The van der Waals surface area contributed by atoms with E-state index in [4.69, 9.17) is 5.14 Å². The lowest BCUT2D eigenvalue weighted by atomic mass is 9.91. The first-order chi connectivity index (χ1) is 11.2. The number of hydrogen-bond acceptors (Lipinski definition) is 3. The van der Waals surface area contributed by atoms with Crippen molar-refractivity contribution < 1.29 is 13.2 Å². The SMILES string of the molecule is CC1(C)[C@@H](NC(=O)c2ccccc2)[C@@H]1C1C=CC(S(N)(=O)=O)=CC1. The highest BCUT2D eigenvalue weighted by atomic mass is 32.2. The first kappa shape index (κ1) is 16.9. The zero-order chi connectivity index (χ0) is 17.5. The number of allylic oxidation sites excluding steroid dienone is 3. The zero-order valence-corrected chi connectivity index (χ0v) is 14.6. The van der Waals surface area contributed by atoms with Gasteiger partial charge in [-0.2, -0.15) is 0 Å². The molecule has 0 aliphatic heterocycles. The average molecular weight is 346 g/mol. The van der Waals surface area contributed by atoms with Crippen molar-refractivity contribution in [3.63, 3.8) is 0 Å². The van der Waals surface area contributed by atoms with Gasteiger partial charge in [0.05, 0.1) is 4.91 Å². The Balaban J connectivity index is 1.67. The first-order valence-electron chi connectivity index (χ1n) is 7.98. The largest absolute Gasteiger partial charge is 0.348 e. The average Bonchev–Trinajstić information content (AvgIpc) is 3.08. The van der Waals surface area contributed by atoms with Crippen LogP contribution in [0.5, 0.6) is 0 Å². The predicted octanol–water partition coefficient (Wildman–Crippen LogP) is 2.19. The van der Waals surface area contributed by atoms with Crippen LogP contribution in [0.1, 0.15) is 30.6 Å². The molecule has 2 aliphatic rings. The predicted molar refractivity (Wildman–Crippen MR) is 93.4 cm³/mol. The van der Waals surface area contributed by atoms with E-state index in [1.165, 1.54) is 0 Å². The molecular formula is C18H22N2O3S. The molecule has 1 aromatic carbocycles. The van der Waals surface area contributed by atoms with Gasteiger partial charge in [-0.15, -0.1) is 0 Å². The molecule has 0 saturated heterocycles. The second-order valence-electron chi connectivity index (χ2n) is 7.07. The van der Waals surface area contributed by atoms with Gasteiger partial charge in [-0.3, -0.25) is 4.79 Å². The van der Waals surface area contributed by atoms with Crippen molar-refractivity contribution in [1.82, 2.24) is 5.32 Å². The molecule has 6 heteroatoms. The number of carbonyl (C=O) groups excluding carboxylic acids is 1. The Kier molecular flexibility index (Phi) is 4.13. The summed E-state index contributed by atoms with van der Waals surface area (Å²) in [7, 11) is -3.65. The molecule has 24 heavy (non-hydrogen) atoms. The molecule has 1 fully saturated rings. The number of sulfonamides is 1. The Morgan fingerprint density at radius 2 is 1.92 bits per heavy atom. The van der Waals surface area contributed by atoms with Crippen molar-refractivity contribution in [2.75, 3.05) is 0 Å². The van der Waals surface area contributed by atoms with E-state index >= 15 is 0 Å². The van der Waals surface area contributed by atoms with Crippen molar-refractivity contribution in [2.45, 2.75) is 26.3 Å². The summed E-state index contributed by atoms with van der Waals surface area (Å²) in [6.07, 6.45) is 5.77. The highest BCUT2D eigenvalue weighted by molar-refractivity contribution is 7.93. The quantitative estimate of drug-likeness (QED) is 0.876.